The zero-order valence-electron chi connectivity index (χ0n) is 43.2. The average molecular weight is 919 g/mol. The molecule has 0 aliphatic carbocycles. The van der Waals surface area contributed by atoms with Gasteiger partial charge in [-0.25, -0.2) is 0 Å². The molecule has 1 atom stereocenters. The lowest BCUT2D eigenvalue weighted by molar-refractivity contribution is -0.167. The summed E-state index contributed by atoms with van der Waals surface area (Å²) in [6.45, 7) is 6.49. The average Bonchev–Trinajstić information content (AvgIpc) is 3.31. The third-order valence-corrected chi connectivity index (χ3v) is 11.7. The van der Waals surface area contributed by atoms with Crippen LogP contribution in [-0.2, 0) is 28.6 Å². The van der Waals surface area contributed by atoms with Gasteiger partial charge in [-0.3, -0.25) is 14.4 Å². The first-order chi connectivity index (χ1) is 32.5. The van der Waals surface area contributed by atoms with Crippen LogP contribution in [0.1, 0.15) is 258 Å². The maximum absolute atomic E-state index is 12.8. The minimum atomic E-state index is -0.779. The van der Waals surface area contributed by atoms with Crippen LogP contribution in [0.25, 0.3) is 0 Å². The van der Waals surface area contributed by atoms with Gasteiger partial charge in [-0.05, 0) is 77.0 Å². The van der Waals surface area contributed by atoms with E-state index in [2.05, 4.69) is 106 Å². The molecule has 0 fully saturated rings. The molecule has 0 saturated carbocycles. The number of carbonyl (C=O) groups excluding carboxylic acids is 3. The highest BCUT2D eigenvalue weighted by Crippen LogP contribution is 2.15. The molecular weight excluding hydrogens is 817 g/mol. The lowest BCUT2D eigenvalue weighted by Gasteiger charge is -2.18. The van der Waals surface area contributed by atoms with Crippen LogP contribution >= 0.6 is 0 Å². The van der Waals surface area contributed by atoms with Crippen molar-refractivity contribution in [2.45, 2.75) is 264 Å². The minimum absolute atomic E-state index is 0.0797. The second-order valence-electron chi connectivity index (χ2n) is 18.1. The van der Waals surface area contributed by atoms with Crippen LogP contribution in [0.15, 0.2) is 85.1 Å². The first-order valence-corrected chi connectivity index (χ1v) is 27.6. The lowest BCUT2D eigenvalue weighted by atomic mass is 10.1. The van der Waals surface area contributed by atoms with Crippen molar-refractivity contribution in [3.05, 3.63) is 85.1 Å². The normalized spacial score (nSPS) is 12.7. The van der Waals surface area contributed by atoms with Gasteiger partial charge in [0.1, 0.15) is 13.2 Å². The molecule has 0 aromatic carbocycles. The molecule has 0 aliphatic rings. The molecule has 0 rings (SSSR count). The van der Waals surface area contributed by atoms with Gasteiger partial charge in [-0.1, -0.05) is 247 Å². The van der Waals surface area contributed by atoms with Crippen molar-refractivity contribution in [3.63, 3.8) is 0 Å². The topological polar surface area (TPSA) is 78.9 Å². The molecule has 0 saturated heterocycles. The zero-order valence-corrected chi connectivity index (χ0v) is 43.2. The van der Waals surface area contributed by atoms with Crippen molar-refractivity contribution in [1.82, 2.24) is 0 Å². The Balaban J connectivity index is 4.26. The monoisotopic (exact) mass is 919 g/mol. The molecule has 6 heteroatoms. The van der Waals surface area contributed by atoms with Gasteiger partial charge in [0, 0.05) is 19.3 Å². The molecule has 0 N–H and O–H groups in total. The molecule has 0 heterocycles. The van der Waals surface area contributed by atoms with Crippen LogP contribution in [-0.4, -0.2) is 37.2 Å². The molecule has 0 aliphatic heterocycles. The highest BCUT2D eigenvalue weighted by molar-refractivity contribution is 5.71. The fraction of sp³-hybridized carbons (Fsp3) is 0.717. The van der Waals surface area contributed by atoms with Gasteiger partial charge >= 0.3 is 17.9 Å². The van der Waals surface area contributed by atoms with Crippen molar-refractivity contribution >= 4 is 17.9 Å². The quantitative estimate of drug-likeness (QED) is 0.0262. The summed E-state index contributed by atoms with van der Waals surface area (Å²) in [5.74, 6) is -0.899. The maximum atomic E-state index is 12.8. The SMILES string of the molecule is CC/C=C\C/C=C\C/C=C\C/C=C\C/C=C\C/C=C\C/C=C\CCCCCCCC(=O)OCC(COC(=O)CCCCCCCCCCCC)OC(=O)CCCCCCCCCCCCC. The van der Waals surface area contributed by atoms with E-state index in [1.807, 2.05) is 0 Å². The van der Waals surface area contributed by atoms with E-state index in [0.29, 0.717) is 19.3 Å². The molecule has 378 valence electrons. The summed E-state index contributed by atoms with van der Waals surface area (Å²) in [5.41, 5.74) is 0. The fourth-order valence-corrected chi connectivity index (χ4v) is 7.54. The van der Waals surface area contributed by atoms with Crippen molar-refractivity contribution in [2.75, 3.05) is 13.2 Å². The third kappa shape index (κ3) is 51.6. The second-order valence-corrected chi connectivity index (χ2v) is 18.1. The number of rotatable bonds is 49. The molecule has 0 bridgehead atoms. The van der Waals surface area contributed by atoms with E-state index in [9.17, 15) is 14.4 Å². The number of ether oxygens (including phenoxy) is 3. The molecular formula is C60H102O6. The summed E-state index contributed by atoms with van der Waals surface area (Å²) >= 11 is 0. The predicted octanol–water partition coefficient (Wildman–Crippen LogP) is 18.4. The number of carbonyl (C=O) groups is 3. The second kappa shape index (κ2) is 54.2. The Morgan fingerprint density at radius 3 is 0.924 bits per heavy atom. The van der Waals surface area contributed by atoms with Gasteiger partial charge in [-0.15, -0.1) is 0 Å². The van der Waals surface area contributed by atoms with Crippen molar-refractivity contribution in [1.29, 1.82) is 0 Å². The van der Waals surface area contributed by atoms with Crippen molar-refractivity contribution in [3.8, 4) is 0 Å². The highest BCUT2D eigenvalue weighted by Gasteiger charge is 2.19. The predicted molar refractivity (Wildman–Crippen MR) is 284 cm³/mol. The van der Waals surface area contributed by atoms with Crippen LogP contribution in [0.4, 0.5) is 0 Å². The third-order valence-electron chi connectivity index (χ3n) is 11.7. The van der Waals surface area contributed by atoms with E-state index < -0.39 is 6.10 Å². The van der Waals surface area contributed by atoms with Crippen molar-refractivity contribution < 1.29 is 28.6 Å². The van der Waals surface area contributed by atoms with E-state index in [1.165, 1.54) is 96.3 Å². The molecule has 0 radical (unpaired) electrons. The summed E-state index contributed by atoms with van der Waals surface area (Å²) < 4.78 is 16.8. The molecule has 0 aromatic heterocycles. The summed E-state index contributed by atoms with van der Waals surface area (Å²) in [6.07, 6.45) is 70.0. The Kier molecular flexibility index (Phi) is 51.4. The molecule has 0 amide bonds. The Morgan fingerprint density at radius 2 is 0.591 bits per heavy atom. The van der Waals surface area contributed by atoms with Gasteiger partial charge in [0.05, 0.1) is 0 Å². The van der Waals surface area contributed by atoms with Crippen LogP contribution in [0.5, 0.6) is 0 Å². The summed E-state index contributed by atoms with van der Waals surface area (Å²) in [6, 6.07) is 0. The van der Waals surface area contributed by atoms with Crippen LogP contribution in [0.3, 0.4) is 0 Å². The number of esters is 3. The van der Waals surface area contributed by atoms with Gasteiger partial charge in [0.25, 0.3) is 0 Å². The Morgan fingerprint density at radius 1 is 0.318 bits per heavy atom. The van der Waals surface area contributed by atoms with Crippen molar-refractivity contribution in [2.24, 2.45) is 0 Å². The van der Waals surface area contributed by atoms with Gasteiger partial charge < -0.3 is 14.2 Å². The van der Waals surface area contributed by atoms with Crippen LogP contribution in [0.2, 0.25) is 0 Å². The fourth-order valence-electron chi connectivity index (χ4n) is 7.54. The summed E-state index contributed by atoms with van der Waals surface area (Å²) in [4.78, 5) is 37.9. The number of allylic oxidation sites excluding steroid dienone is 14. The molecule has 1 unspecified atom stereocenters. The van der Waals surface area contributed by atoms with E-state index in [1.54, 1.807) is 0 Å². The van der Waals surface area contributed by atoms with Gasteiger partial charge in [-0.2, -0.15) is 0 Å². The van der Waals surface area contributed by atoms with Gasteiger partial charge in [0.15, 0.2) is 6.10 Å². The number of hydrogen-bond acceptors (Lipinski definition) is 6. The Hall–Kier alpha value is -3.41. The minimum Gasteiger partial charge on any atom is -0.462 e. The molecule has 0 spiro atoms. The maximum Gasteiger partial charge on any atom is 0.306 e. The molecule has 0 aromatic rings. The Labute approximate surface area is 407 Å². The van der Waals surface area contributed by atoms with Gasteiger partial charge in [0.2, 0.25) is 0 Å². The zero-order chi connectivity index (χ0) is 47.9. The number of unbranched alkanes of at least 4 members (excludes halogenated alkanes) is 24. The largest absolute Gasteiger partial charge is 0.462 e. The Bertz CT molecular complexity index is 1290. The molecule has 6 nitrogen and oxygen atoms in total. The van der Waals surface area contributed by atoms with E-state index in [0.717, 1.165) is 122 Å². The lowest BCUT2D eigenvalue weighted by Crippen LogP contribution is -2.30. The smallest absolute Gasteiger partial charge is 0.306 e. The van der Waals surface area contributed by atoms with Crippen LogP contribution < -0.4 is 0 Å². The van der Waals surface area contributed by atoms with Crippen LogP contribution in [0, 0.1) is 0 Å². The first-order valence-electron chi connectivity index (χ1n) is 27.6. The summed E-state index contributed by atoms with van der Waals surface area (Å²) in [7, 11) is 0. The summed E-state index contributed by atoms with van der Waals surface area (Å²) in [5, 5.41) is 0. The molecule has 66 heavy (non-hydrogen) atoms. The number of hydrogen-bond donors (Lipinski definition) is 0. The standard InChI is InChI=1S/C60H102O6/c1-4-7-10-13-16-19-22-23-24-25-26-27-28-29-30-31-32-33-34-35-36-37-39-41-44-47-50-53-59(62)65-56-57(55-64-58(61)52-49-46-43-40-21-18-15-12-9-6-3)66-60(63)54-51-48-45-42-38-20-17-14-11-8-5-2/h7,10,16,19,23-24,26-27,29-30,32-33,35-36,57H,4-6,8-9,11-15,17-18,20-22,25,28,31,34,37-56H2,1-3H3/b10-7-,19-16-,24-23-,27-26-,30-29-,33-32-,36-35-. The first kappa shape index (κ1) is 62.6. The van der Waals surface area contributed by atoms with E-state index in [-0.39, 0.29) is 31.1 Å². The van der Waals surface area contributed by atoms with E-state index >= 15 is 0 Å². The highest BCUT2D eigenvalue weighted by atomic mass is 16.6. The van der Waals surface area contributed by atoms with E-state index in [4.69, 9.17) is 14.2 Å².